The summed E-state index contributed by atoms with van der Waals surface area (Å²) in [6.45, 7) is 0.503. The van der Waals surface area contributed by atoms with Gasteiger partial charge in [-0.3, -0.25) is 9.59 Å². The van der Waals surface area contributed by atoms with Crippen molar-refractivity contribution in [2.24, 2.45) is 5.92 Å². The molecule has 0 spiro atoms. The molecule has 0 unspecified atom stereocenters. The summed E-state index contributed by atoms with van der Waals surface area (Å²) in [5.74, 6) is 0.455. The molecule has 0 heterocycles. The minimum Gasteiger partial charge on any atom is -0.497 e. The lowest BCUT2D eigenvalue weighted by atomic mass is 10.2. The van der Waals surface area contributed by atoms with Crippen molar-refractivity contribution in [2.75, 3.05) is 26.8 Å². The predicted octanol–water partition coefficient (Wildman–Crippen LogP) is 0.215. The summed E-state index contributed by atoms with van der Waals surface area (Å²) in [6.07, 6.45) is 1.00. The van der Waals surface area contributed by atoms with E-state index in [9.17, 15) is 14.7 Å². The Bertz CT molecular complexity index is 542. The standard InChI is InChI=1S/C17H24N2O5/c1-23-15-6-2-12(3-7-15)10-24-11-14(20)8-18-16(21)9-19-17(22)13-4-5-13/h2-3,6-7,13-14,20H,4-5,8-11H2,1H3,(H,18,21)(H,19,22)/t14-/m1/s1. The first-order valence-electron chi connectivity index (χ1n) is 8.01. The molecule has 0 radical (unpaired) electrons. The van der Waals surface area contributed by atoms with Crippen molar-refractivity contribution < 1.29 is 24.2 Å². The maximum atomic E-state index is 11.6. The lowest BCUT2D eigenvalue weighted by Gasteiger charge is -2.13. The summed E-state index contributed by atoms with van der Waals surface area (Å²) in [6, 6.07) is 7.45. The van der Waals surface area contributed by atoms with E-state index in [0.29, 0.717) is 6.61 Å². The molecule has 0 saturated heterocycles. The minimum atomic E-state index is -0.800. The summed E-state index contributed by atoms with van der Waals surface area (Å²) in [5.41, 5.74) is 0.967. The van der Waals surface area contributed by atoms with Gasteiger partial charge in [0, 0.05) is 12.5 Å². The molecule has 132 valence electrons. The van der Waals surface area contributed by atoms with Crippen LogP contribution < -0.4 is 15.4 Å². The Labute approximate surface area is 141 Å². The highest BCUT2D eigenvalue weighted by Gasteiger charge is 2.29. The minimum absolute atomic E-state index is 0.0608. The summed E-state index contributed by atoms with van der Waals surface area (Å²) in [4.78, 5) is 23.0. The van der Waals surface area contributed by atoms with Gasteiger partial charge in [-0.05, 0) is 30.5 Å². The van der Waals surface area contributed by atoms with E-state index in [4.69, 9.17) is 9.47 Å². The van der Waals surface area contributed by atoms with E-state index in [0.717, 1.165) is 24.2 Å². The van der Waals surface area contributed by atoms with Crippen LogP contribution in [0.1, 0.15) is 18.4 Å². The van der Waals surface area contributed by atoms with Crippen LogP contribution in [0.4, 0.5) is 0 Å². The van der Waals surface area contributed by atoms with Crippen molar-refractivity contribution >= 4 is 11.8 Å². The highest BCUT2D eigenvalue weighted by molar-refractivity contribution is 5.86. The SMILES string of the molecule is COc1ccc(COC[C@H](O)CNC(=O)CNC(=O)C2CC2)cc1. The Kier molecular flexibility index (Phi) is 7.02. The first kappa shape index (κ1) is 18.2. The number of aliphatic hydroxyl groups excluding tert-OH is 1. The number of benzene rings is 1. The summed E-state index contributed by atoms with van der Waals surface area (Å²) in [7, 11) is 1.60. The Balaban J connectivity index is 1.54. The number of hydrogen-bond acceptors (Lipinski definition) is 5. The third-order valence-corrected chi connectivity index (χ3v) is 3.64. The Morgan fingerprint density at radius 1 is 1.25 bits per heavy atom. The molecule has 2 rings (SSSR count). The van der Waals surface area contributed by atoms with Crippen molar-refractivity contribution in [2.45, 2.75) is 25.6 Å². The van der Waals surface area contributed by atoms with Gasteiger partial charge in [-0.1, -0.05) is 12.1 Å². The van der Waals surface area contributed by atoms with Crippen LogP contribution in [0.25, 0.3) is 0 Å². The molecule has 1 atom stereocenters. The molecular formula is C17H24N2O5. The molecule has 1 aromatic rings. The number of carbonyl (C=O) groups excluding carboxylic acids is 2. The zero-order valence-corrected chi connectivity index (χ0v) is 13.8. The van der Waals surface area contributed by atoms with Crippen molar-refractivity contribution in [1.29, 1.82) is 0 Å². The number of aliphatic hydroxyl groups is 1. The zero-order chi connectivity index (χ0) is 17.4. The van der Waals surface area contributed by atoms with Gasteiger partial charge in [0.05, 0.1) is 33.0 Å². The van der Waals surface area contributed by atoms with Gasteiger partial charge >= 0.3 is 0 Å². The molecule has 0 aromatic heterocycles. The molecule has 24 heavy (non-hydrogen) atoms. The second-order valence-electron chi connectivity index (χ2n) is 5.81. The first-order valence-corrected chi connectivity index (χ1v) is 8.01. The third-order valence-electron chi connectivity index (χ3n) is 3.64. The topological polar surface area (TPSA) is 96.9 Å². The number of rotatable bonds is 10. The van der Waals surface area contributed by atoms with Gasteiger partial charge in [-0.25, -0.2) is 0 Å². The monoisotopic (exact) mass is 336 g/mol. The number of ether oxygens (including phenoxy) is 2. The maximum Gasteiger partial charge on any atom is 0.239 e. The van der Waals surface area contributed by atoms with E-state index in [-0.39, 0.29) is 37.4 Å². The van der Waals surface area contributed by atoms with Gasteiger partial charge in [0.15, 0.2) is 0 Å². The van der Waals surface area contributed by atoms with E-state index in [2.05, 4.69) is 10.6 Å². The average Bonchev–Trinajstić information content (AvgIpc) is 3.43. The van der Waals surface area contributed by atoms with Gasteiger partial charge in [0.2, 0.25) is 11.8 Å². The lowest BCUT2D eigenvalue weighted by Crippen LogP contribution is -2.41. The summed E-state index contributed by atoms with van der Waals surface area (Å²) < 4.78 is 10.5. The van der Waals surface area contributed by atoms with Gasteiger partial charge in [0.1, 0.15) is 5.75 Å². The molecule has 0 aliphatic heterocycles. The molecule has 1 aliphatic carbocycles. The fraction of sp³-hybridized carbons (Fsp3) is 0.529. The van der Waals surface area contributed by atoms with Crippen molar-refractivity contribution in [3.05, 3.63) is 29.8 Å². The second kappa shape index (κ2) is 9.24. The molecule has 0 bridgehead atoms. The fourth-order valence-corrected chi connectivity index (χ4v) is 2.04. The van der Waals surface area contributed by atoms with E-state index < -0.39 is 6.10 Å². The van der Waals surface area contributed by atoms with Crippen LogP contribution in [-0.4, -0.2) is 49.8 Å². The third kappa shape index (κ3) is 6.55. The largest absolute Gasteiger partial charge is 0.497 e. The molecule has 7 nitrogen and oxygen atoms in total. The van der Waals surface area contributed by atoms with Gasteiger partial charge in [-0.15, -0.1) is 0 Å². The van der Waals surface area contributed by atoms with Gasteiger partial charge in [0.25, 0.3) is 0 Å². The Hall–Kier alpha value is -2.12. The van der Waals surface area contributed by atoms with Crippen LogP contribution >= 0.6 is 0 Å². The van der Waals surface area contributed by atoms with Crippen molar-refractivity contribution in [1.82, 2.24) is 10.6 Å². The van der Waals surface area contributed by atoms with E-state index in [1.165, 1.54) is 0 Å². The zero-order valence-electron chi connectivity index (χ0n) is 13.8. The lowest BCUT2D eigenvalue weighted by molar-refractivity contribution is -0.127. The molecular weight excluding hydrogens is 312 g/mol. The van der Waals surface area contributed by atoms with Gasteiger partial charge < -0.3 is 25.2 Å². The highest BCUT2D eigenvalue weighted by Crippen LogP contribution is 2.28. The normalized spacial score (nSPS) is 14.8. The number of amides is 2. The predicted molar refractivity (Wildman–Crippen MR) is 87.4 cm³/mol. The van der Waals surface area contributed by atoms with E-state index >= 15 is 0 Å². The second-order valence-corrected chi connectivity index (χ2v) is 5.81. The Morgan fingerprint density at radius 2 is 1.96 bits per heavy atom. The first-order chi connectivity index (χ1) is 11.6. The number of methoxy groups -OCH3 is 1. The van der Waals surface area contributed by atoms with Crippen LogP contribution in [0, 0.1) is 5.92 Å². The molecule has 1 fully saturated rings. The number of carbonyl (C=O) groups is 2. The maximum absolute atomic E-state index is 11.6. The van der Waals surface area contributed by atoms with Crippen molar-refractivity contribution in [3.8, 4) is 5.75 Å². The van der Waals surface area contributed by atoms with Crippen LogP contribution in [0.2, 0.25) is 0 Å². The van der Waals surface area contributed by atoms with Crippen LogP contribution in [-0.2, 0) is 20.9 Å². The molecule has 2 amide bonds. The van der Waals surface area contributed by atoms with Crippen LogP contribution in [0.3, 0.4) is 0 Å². The fourth-order valence-electron chi connectivity index (χ4n) is 2.04. The highest BCUT2D eigenvalue weighted by atomic mass is 16.5. The summed E-state index contributed by atoms with van der Waals surface area (Å²) in [5, 5.41) is 14.9. The van der Waals surface area contributed by atoms with E-state index in [1.54, 1.807) is 7.11 Å². The number of nitrogens with one attached hydrogen (secondary N) is 2. The Morgan fingerprint density at radius 3 is 2.58 bits per heavy atom. The molecule has 1 saturated carbocycles. The quantitative estimate of drug-likeness (QED) is 0.568. The summed E-state index contributed by atoms with van der Waals surface area (Å²) >= 11 is 0. The molecule has 3 N–H and O–H groups in total. The number of hydrogen-bond donors (Lipinski definition) is 3. The van der Waals surface area contributed by atoms with Gasteiger partial charge in [-0.2, -0.15) is 0 Å². The molecule has 1 aliphatic rings. The van der Waals surface area contributed by atoms with E-state index in [1.807, 2.05) is 24.3 Å². The van der Waals surface area contributed by atoms with Crippen LogP contribution in [0.5, 0.6) is 5.75 Å². The average molecular weight is 336 g/mol. The molecule has 7 heteroatoms. The smallest absolute Gasteiger partial charge is 0.239 e. The van der Waals surface area contributed by atoms with Crippen molar-refractivity contribution in [3.63, 3.8) is 0 Å². The molecule has 1 aromatic carbocycles. The van der Waals surface area contributed by atoms with Crippen LogP contribution in [0.15, 0.2) is 24.3 Å².